The lowest BCUT2D eigenvalue weighted by Gasteiger charge is -2.13. The van der Waals surface area contributed by atoms with Gasteiger partial charge in [0.05, 0.1) is 12.5 Å². The van der Waals surface area contributed by atoms with Crippen molar-refractivity contribution in [2.75, 3.05) is 0 Å². The number of aromatic nitrogens is 1. The molecule has 1 N–H and O–H groups in total. The van der Waals surface area contributed by atoms with Gasteiger partial charge in [-0.25, -0.2) is 0 Å². The highest BCUT2D eigenvalue weighted by molar-refractivity contribution is 9.08. The van der Waals surface area contributed by atoms with Crippen LogP contribution in [0.2, 0.25) is 0 Å². The molecule has 1 rings (SSSR count). The molecule has 0 aliphatic rings. The molecule has 0 saturated heterocycles. The van der Waals surface area contributed by atoms with Gasteiger partial charge in [0.25, 0.3) is 5.56 Å². The highest BCUT2D eigenvalue weighted by Gasteiger charge is 2.33. The van der Waals surface area contributed by atoms with Gasteiger partial charge in [-0.3, -0.25) is 4.79 Å². The van der Waals surface area contributed by atoms with Gasteiger partial charge < -0.3 is 9.72 Å². The summed E-state index contributed by atoms with van der Waals surface area (Å²) < 4.78 is 40.0. The number of nitrogens with one attached hydrogen (secondary N) is 1. The molecule has 0 atom stereocenters. The fourth-order valence-corrected chi connectivity index (χ4v) is 1.82. The third kappa shape index (κ3) is 3.49. The third-order valence-corrected chi connectivity index (χ3v) is 2.43. The number of pyridine rings is 1. The van der Waals surface area contributed by atoms with Crippen LogP contribution in [0.5, 0.6) is 5.75 Å². The monoisotopic (exact) mass is 310 g/mol. The van der Waals surface area contributed by atoms with Crippen molar-refractivity contribution in [2.24, 2.45) is 0 Å². The first-order valence-corrected chi connectivity index (χ1v) is 5.43. The van der Waals surface area contributed by atoms with E-state index in [9.17, 15) is 18.0 Å². The maximum absolute atomic E-state index is 12.1. The molecule has 8 heteroatoms. The minimum absolute atomic E-state index is 0.0145. The van der Waals surface area contributed by atoms with Gasteiger partial charge in [0.15, 0.2) is 5.75 Å². The van der Waals surface area contributed by atoms with E-state index in [4.69, 9.17) is 5.26 Å². The number of rotatable bonds is 3. The quantitative estimate of drug-likeness (QED) is 0.871. The summed E-state index contributed by atoms with van der Waals surface area (Å²) in [6.07, 6.45) is -3.87. The molecule has 17 heavy (non-hydrogen) atoms. The molecule has 0 aromatic carbocycles. The lowest BCUT2D eigenvalue weighted by Crippen LogP contribution is -2.24. The van der Waals surface area contributed by atoms with Crippen LogP contribution in [0.1, 0.15) is 11.1 Å². The summed E-state index contributed by atoms with van der Waals surface area (Å²) in [4.78, 5) is 13.3. The van der Waals surface area contributed by atoms with Gasteiger partial charge in [-0.15, -0.1) is 13.2 Å². The molecule has 1 aromatic rings. The zero-order valence-electron chi connectivity index (χ0n) is 8.27. The first-order valence-electron chi connectivity index (χ1n) is 4.31. The zero-order valence-corrected chi connectivity index (χ0v) is 9.85. The molecule has 0 fully saturated rings. The second-order valence-corrected chi connectivity index (χ2v) is 3.53. The predicted molar refractivity (Wildman–Crippen MR) is 55.7 cm³/mol. The second kappa shape index (κ2) is 5.23. The standard InChI is InChI=1S/C9H6BrF3N2O2/c10-3-6-5(1-2-14)4-15-8(16)7(6)17-9(11,12)13/h4H,1,3H2,(H,15,16). The zero-order chi connectivity index (χ0) is 13.1. The Morgan fingerprint density at radius 1 is 1.53 bits per heavy atom. The molecule has 0 unspecified atom stereocenters. The Kier molecular flexibility index (Phi) is 4.17. The van der Waals surface area contributed by atoms with Crippen molar-refractivity contribution < 1.29 is 17.9 Å². The number of hydrogen-bond acceptors (Lipinski definition) is 3. The lowest BCUT2D eigenvalue weighted by atomic mass is 10.1. The molecule has 0 spiro atoms. The molecule has 0 amide bonds. The minimum atomic E-state index is -4.95. The molecule has 0 saturated carbocycles. The van der Waals surface area contributed by atoms with Crippen molar-refractivity contribution in [3.05, 3.63) is 27.7 Å². The van der Waals surface area contributed by atoms with Crippen LogP contribution < -0.4 is 10.3 Å². The molecule has 4 nitrogen and oxygen atoms in total. The van der Waals surface area contributed by atoms with E-state index >= 15 is 0 Å². The van der Waals surface area contributed by atoms with E-state index in [1.807, 2.05) is 0 Å². The van der Waals surface area contributed by atoms with E-state index in [2.05, 4.69) is 25.7 Å². The Hall–Kier alpha value is -1.49. The molecular weight excluding hydrogens is 305 g/mol. The Labute approximate surface area is 102 Å². The van der Waals surface area contributed by atoms with Gasteiger partial charge >= 0.3 is 6.36 Å². The number of hydrogen-bond donors (Lipinski definition) is 1. The van der Waals surface area contributed by atoms with Gasteiger partial charge in [-0.1, -0.05) is 15.9 Å². The van der Waals surface area contributed by atoms with Gasteiger partial charge in [0, 0.05) is 17.1 Å². The van der Waals surface area contributed by atoms with E-state index in [0.717, 1.165) is 0 Å². The van der Waals surface area contributed by atoms with Gasteiger partial charge in [0.1, 0.15) is 0 Å². The first kappa shape index (κ1) is 13.6. The fraction of sp³-hybridized carbons (Fsp3) is 0.333. The van der Waals surface area contributed by atoms with Crippen LogP contribution >= 0.6 is 15.9 Å². The average molecular weight is 311 g/mol. The lowest BCUT2D eigenvalue weighted by molar-refractivity contribution is -0.275. The number of ether oxygens (including phenoxy) is 1. The molecule has 1 heterocycles. The first-order chi connectivity index (χ1) is 7.89. The molecule has 92 valence electrons. The van der Waals surface area contributed by atoms with Crippen molar-refractivity contribution in [1.82, 2.24) is 4.98 Å². The van der Waals surface area contributed by atoms with Crippen LogP contribution in [0.4, 0.5) is 13.2 Å². The molecule has 0 bridgehead atoms. The van der Waals surface area contributed by atoms with Crippen LogP contribution in [0.25, 0.3) is 0 Å². The van der Waals surface area contributed by atoms with Crippen molar-refractivity contribution in [3.8, 4) is 11.8 Å². The number of aromatic amines is 1. The maximum Gasteiger partial charge on any atom is 0.573 e. The normalized spacial score (nSPS) is 11.0. The average Bonchev–Trinajstić information content (AvgIpc) is 2.22. The highest BCUT2D eigenvalue weighted by Crippen LogP contribution is 2.26. The predicted octanol–water partition coefficient (Wildman–Crippen LogP) is 2.23. The maximum atomic E-state index is 12.1. The van der Waals surface area contributed by atoms with Gasteiger partial charge in [-0.2, -0.15) is 5.26 Å². The Morgan fingerprint density at radius 2 is 2.18 bits per heavy atom. The summed E-state index contributed by atoms with van der Waals surface area (Å²) >= 11 is 2.96. The topological polar surface area (TPSA) is 65.9 Å². The minimum Gasteiger partial charge on any atom is -0.400 e. The molecule has 0 radical (unpaired) electrons. The molecule has 1 aromatic heterocycles. The fourth-order valence-electron chi connectivity index (χ4n) is 1.20. The number of nitrogens with zero attached hydrogens (tertiary/aromatic N) is 1. The summed E-state index contributed by atoms with van der Waals surface area (Å²) in [7, 11) is 0. The van der Waals surface area contributed by atoms with E-state index < -0.39 is 17.7 Å². The van der Waals surface area contributed by atoms with E-state index in [1.54, 1.807) is 6.07 Å². The number of H-pyrrole nitrogens is 1. The summed E-state index contributed by atoms with van der Waals surface area (Å²) in [5.41, 5.74) is -0.686. The van der Waals surface area contributed by atoms with Crippen LogP contribution in [0.15, 0.2) is 11.0 Å². The van der Waals surface area contributed by atoms with E-state index in [-0.39, 0.29) is 22.9 Å². The largest absolute Gasteiger partial charge is 0.573 e. The summed E-state index contributed by atoms with van der Waals surface area (Å²) in [5, 5.41) is 8.50. The number of nitriles is 1. The molecule has 0 aliphatic heterocycles. The van der Waals surface area contributed by atoms with Crippen molar-refractivity contribution in [1.29, 1.82) is 5.26 Å². The SMILES string of the molecule is N#CCc1c[nH]c(=O)c(OC(F)(F)F)c1CBr. The Bertz CT molecular complexity index is 504. The van der Waals surface area contributed by atoms with E-state index in [1.165, 1.54) is 6.20 Å². The van der Waals surface area contributed by atoms with Crippen molar-refractivity contribution >= 4 is 15.9 Å². The van der Waals surface area contributed by atoms with Gasteiger partial charge in [0.2, 0.25) is 0 Å². The van der Waals surface area contributed by atoms with Crippen LogP contribution in [0.3, 0.4) is 0 Å². The Morgan fingerprint density at radius 3 is 2.65 bits per heavy atom. The van der Waals surface area contributed by atoms with Crippen molar-refractivity contribution in [3.63, 3.8) is 0 Å². The summed E-state index contributed by atoms with van der Waals surface area (Å²) in [5.74, 6) is -0.831. The smallest absolute Gasteiger partial charge is 0.400 e. The van der Waals surface area contributed by atoms with Crippen LogP contribution in [-0.2, 0) is 11.8 Å². The van der Waals surface area contributed by atoms with Gasteiger partial charge in [-0.05, 0) is 5.56 Å². The highest BCUT2D eigenvalue weighted by atomic mass is 79.9. The summed E-state index contributed by atoms with van der Waals surface area (Å²) in [6.45, 7) is 0. The van der Waals surface area contributed by atoms with E-state index in [0.29, 0.717) is 0 Å². The Balaban J connectivity index is 3.31. The molecule has 0 aliphatic carbocycles. The second-order valence-electron chi connectivity index (χ2n) is 2.97. The number of alkyl halides is 4. The number of halogens is 4. The third-order valence-electron chi connectivity index (χ3n) is 1.87. The molecular formula is C9H6BrF3N2O2. The van der Waals surface area contributed by atoms with Crippen molar-refractivity contribution in [2.45, 2.75) is 18.1 Å². The summed E-state index contributed by atoms with van der Waals surface area (Å²) in [6, 6.07) is 1.79. The van der Waals surface area contributed by atoms with Crippen LogP contribution in [0, 0.1) is 11.3 Å². The van der Waals surface area contributed by atoms with Crippen LogP contribution in [-0.4, -0.2) is 11.3 Å².